The van der Waals surface area contributed by atoms with Gasteiger partial charge in [0.2, 0.25) is 0 Å². The van der Waals surface area contributed by atoms with E-state index in [0.717, 1.165) is 43.9 Å². The Morgan fingerprint density at radius 3 is 2.81 bits per heavy atom. The molecule has 1 atom stereocenters. The second kappa shape index (κ2) is 6.99. The van der Waals surface area contributed by atoms with Crippen molar-refractivity contribution in [2.45, 2.75) is 58.2 Å². The molecule has 1 fully saturated rings. The van der Waals surface area contributed by atoms with Crippen LogP contribution < -0.4 is 10.2 Å². The van der Waals surface area contributed by atoms with Gasteiger partial charge in [0.25, 0.3) is 0 Å². The quantitative estimate of drug-likeness (QED) is 0.892. The summed E-state index contributed by atoms with van der Waals surface area (Å²) in [6.07, 6.45) is 2.68. The lowest BCUT2D eigenvalue weighted by Crippen LogP contribution is -2.30. The predicted molar refractivity (Wildman–Crippen MR) is 90.1 cm³/mol. The molecule has 0 spiro atoms. The zero-order valence-corrected chi connectivity index (χ0v) is 14.1. The molecule has 1 aromatic rings. The summed E-state index contributed by atoms with van der Waals surface area (Å²) in [7, 11) is 0. The van der Waals surface area contributed by atoms with E-state index < -0.39 is 5.60 Å². The van der Waals surface area contributed by atoms with Gasteiger partial charge in [-0.05, 0) is 43.9 Å². The molecule has 1 heterocycles. The van der Waals surface area contributed by atoms with Gasteiger partial charge in [0.15, 0.2) is 0 Å². The molecule has 4 heteroatoms. The van der Waals surface area contributed by atoms with Crippen LogP contribution in [0.1, 0.15) is 45.6 Å². The highest BCUT2D eigenvalue weighted by molar-refractivity contribution is 6.30. The summed E-state index contributed by atoms with van der Waals surface area (Å²) in [5.74, 6) is 0. The van der Waals surface area contributed by atoms with Crippen molar-refractivity contribution in [3.05, 3.63) is 28.8 Å². The number of rotatable bonds is 4. The van der Waals surface area contributed by atoms with E-state index in [1.807, 2.05) is 13.0 Å². The van der Waals surface area contributed by atoms with Crippen molar-refractivity contribution < 1.29 is 5.11 Å². The van der Waals surface area contributed by atoms with E-state index in [-0.39, 0.29) is 0 Å². The smallest absolute Gasteiger partial charge is 0.0637 e. The third-order valence-corrected chi connectivity index (χ3v) is 4.39. The second-order valence-electron chi connectivity index (χ2n) is 6.65. The number of hydrogen-bond acceptors (Lipinski definition) is 3. The zero-order chi connectivity index (χ0) is 15.5. The molecule has 2 N–H and O–H groups in total. The Kier molecular flexibility index (Phi) is 5.53. The summed E-state index contributed by atoms with van der Waals surface area (Å²) < 4.78 is 0. The van der Waals surface area contributed by atoms with Crippen LogP contribution >= 0.6 is 11.6 Å². The van der Waals surface area contributed by atoms with E-state index in [4.69, 9.17) is 11.6 Å². The van der Waals surface area contributed by atoms with Gasteiger partial charge in [0.05, 0.1) is 5.60 Å². The molecular formula is C17H27ClN2O. The van der Waals surface area contributed by atoms with Gasteiger partial charge in [0, 0.05) is 36.4 Å². The number of aliphatic hydroxyl groups is 1. The molecule has 1 saturated heterocycles. The van der Waals surface area contributed by atoms with Crippen molar-refractivity contribution in [2.75, 3.05) is 18.0 Å². The maximum Gasteiger partial charge on any atom is 0.0637 e. The van der Waals surface area contributed by atoms with Crippen molar-refractivity contribution in [1.29, 1.82) is 0 Å². The van der Waals surface area contributed by atoms with E-state index in [1.165, 1.54) is 11.3 Å². The lowest BCUT2D eigenvalue weighted by atomic mass is 9.98. The number of nitrogens with one attached hydrogen (secondary N) is 1. The molecule has 1 aliphatic heterocycles. The first kappa shape index (κ1) is 16.6. The van der Waals surface area contributed by atoms with E-state index in [2.05, 4.69) is 36.2 Å². The Morgan fingerprint density at radius 2 is 2.10 bits per heavy atom. The number of nitrogens with zero attached hydrogens (tertiary/aromatic N) is 1. The minimum absolute atomic E-state index is 0.457. The van der Waals surface area contributed by atoms with Crippen LogP contribution in [0, 0.1) is 0 Å². The van der Waals surface area contributed by atoms with Gasteiger partial charge in [-0.1, -0.05) is 31.5 Å². The summed E-state index contributed by atoms with van der Waals surface area (Å²) in [6, 6.07) is 6.57. The normalized spacial score (nSPS) is 23.4. The van der Waals surface area contributed by atoms with Gasteiger partial charge in [-0.15, -0.1) is 0 Å². The summed E-state index contributed by atoms with van der Waals surface area (Å²) >= 11 is 6.20. The predicted octanol–water partition coefficient (Wildman–Crippen LogP) is 3.58. The minimum Gasteiger partial charge on any atom is -0.390 e. The molecule has 1 unspecified atom stereocenters. The van der Waals surface area contributed by atoms with Crippen LogP contribution in [0.4, 0.5) is 5.69 Å². The largest absolute Gasteiger partial charge is 0.390 e. The second-order valence-corrected chi connectivity index (χ2v) is 7.08. The summed E-state index contributed by atoms with van der Waals surface area (Å²) in [5.41, 5.74) is 1.94. The van der Waals surface area contributed by atoms with E-state index >= 15 is 0 Å². The van der Waals surface area contributed by atoms with Crippen molar-refractivity contribution in [3.8, 4) is 0 Å². The van der Waals surface area contributed by atoms with E-state index in [0.29, 0.717) is 6.04 Å². The molecule has 0 radical (unpaired) electrons. The number of anilines is 1. The molecule has 1 aliphatic rings. The van der Waals surface area contributed by atoms with Crippen LogP contribution in [-0.4, -0.2) is 29.8 Å². The summed E-state index contributed by atoms with van der Waals surface area (Å²) in [4.78, 5) is 2.37. The van der Waals surface area contributed by atoms with E-state index in [9.17, 15) is 5.11 Å². The molecule has 21 heavy (non-hydrogen) atoms. The van der Waals surface area contributed by atoms with Crippen molar-refractivity contribution in [3.63, 3.8) is 0 Å². The van der Waals surface area contributed by atoms with Gasteiger partial charge in [-0.25, -0.2) is 0 Å². The Balaban J connectivity index is 2.18. The van der Waals surface area contributed by atoms with E-state index in [1.54, 1.807) is 0 Å². The maximum atomic E-state index is 10.3. The first-order chi connectivity index (χ1) is 9.87. The molecule has 0 amide bonds. The van der Waals surface area contributed by atoms with Crippen molar-refractivity contribution in [2.24, 2.45) is 0 Å². The van der Waals surface area contributed by atoms with Crippen LogP contribution in [0.3, 0.4) is 0 Å². The average molecular weight is 311 g/mol. The highest BCUT2D eigenvalue weighted by atomic mass is 35.5. The molecule has 0 aromatic heterocycles. The summed E-state index contributed by atoms with van der Waals surface area (Å²) in [6.45, 7) is 8.94. The minimum atomic E-state index is -0.538. The van der Waals surface area contributed by atoms with Gasteiger partial charge in [0.1, 0.15) is 0 Å². The molecule has 0 bridgehead atoms. The Labute approximate surface area is 133 Å². The van der Waals surface area contributed by atoms with Crippen LogP contribution in [0.25, 0.3) is 0 Å². The number of benzene rings is 1. The van der Waals surface area contributed by atoms with Gasteiger partial charge in [-0.3, -0.25) is 0 Å². The highest BCUT2D eigenvalue weighted by Crippen LogP contribution is 2.29. The van der Waals surface area contributed by atoms with Crippen LogP contribution in [0.5, 0.6) is 0 Å². The highest BCUT2D eigenvalue weighted by Gasteiger charge is 2.25. The van der Waals surface area contributed by atoms with Crippen molar-refractivity contribution >= 4 is 17.3 Å². The zero-order valence-electron chi connectivity index (χ0n) is 13.3. The van der Waals surface area contributed by atoms with Crippen LogP contribution in [-0.2, 0) is 6.54 Å². The molecule has 1 aromatic carbocycles. The molecular weight excluding hydrogens is 284 g/mol. The molecule has 2 rings (SSSR count). The fourth-order valence-electron chi connectivity index (χ4n) is 2.80. The van der Waals surface area contributed by atoms with Gasteiger partial charge in [-0.2, -0.15) is 0 Å². The van der Waals surface area contributed by atoms with Gasteiger partial charge >= 0.3 is 0 Å². The topological polar surface area (TPSA) is 35.5 Å². The third kappa shape index (κ3) is 4.87. The Hall–Kier alpha value is -0.770. The third-order valence-electron chi connectivity index (χ3n) is 4.15. The average Bonchev–Trinajstić information content (AvgIpc) is 2.58. The fraction of sp³-hybridized carbons (Fsp3) is 0.647. The maximum absolute atomic E-state index is 10.3. The molecule has 0 saturated carbocycles. The standard InChI is InChI=1S/C17H27ClN2O/c1-13(2)19-12-14-5-6-15(18)11-16(14)20-9-4-7-17(3,21)8-10-20/h5-6,11,13,19,21H,4,7-10,12H2,1-3H3. The SMILES string of the molecule is CC(C)NCc1ccc(Cl)cc1N1CCCC(C)(O)CC1. The number of halogens is 1. The Bertz CT molecular complexity index is 474. The molecule has 0 aliphatic carbocycles. The first-order valence-electron chi connectivity index (χ1n) is 7.86. The first-order valence-corrected chi connectivity index (χ1v) is 8.24. The van der Waals surface area contributed by atoms with Crippen LogP contribution in [0.15, 0.2) is 18.2 Å². The fourth-order valence-corrected chi connectivity index (χ4v) is 2.97. The molecule has 3 nitrogen and oxygen atoms in total. The lowest BCUT2D eigenvalue weighted by Gasteiger charge is -2.27. The molecule has 118 valence electrons. The van der Waals surface area contributed by atoms with Crippen molar-refractivity contribution in [1.82, 2.24) is 5.32 Å². The Morgan fingerprint density at radius 1 is 1.33 bits per heavy atom. The van der Waals surface area contributed by atoms with Gasteiger partial charge < -0.3 is 15.3 Å². The summed E-state index contributed by atoms with van der Waals surface area (Å²) in [5, 5.41) is 14.5. The number of hydrogen-bond donors (Lipinski definition) is 2. The van der Waals surface area contributed by atoms with Crippen LogP contribution in [0.2, 0.25) is 5.02 Å². The monoisotopic (exact) mass is 310 g/mol. The lowest BCUT2D eigenvalue weighted by molar-refractivity contribution is 0.0481.